The van der Waals surface area contributed by atoms with Gasteiger partial charge in [0.2, 0.25) is 40.8 Å². The summed E-state index contributed by atoms with van der Waals surface area (Å²) in [5, 5.41) is 11.6. The van der Waals surface area contributed by atoms with Crippen molar-refractivity contribution in [3.63, 3.8) is 0 Å². The summed E-state index contributed by atoms with van der Waals surface area (Å²) in [6, 6.07) is 41.8. The van der Waals surface area contributed by atoms with Gasteiger partial charge in [-0.15, -0.1) is 45.3 Å². The normalized spacial score (nSPS) is 16.4. The minimum absolute atomic E-state index is 0.000821. The lowest BCUT2D eigenvalue weighted by molar-refractivity contribution is -0.0448. The second-order valence-corrected chi connectivity index (χ2v) is 38.3. The number of halogens is 3. The van der Waals surface area contributed by atoms with E-state index in [1.807, 2.05) is 96.4 Å². The summed E-state index contributed by atoms with van der Waals surface area (Å²) in [6.45, 7) is 18.7. The molecule has 27 nitrogen and oxygen atoms in total. The molecule has 686 valence electrons. The highest BCUT2D eigenvalue weighted by Gasteiger charge is 2.46. The lowest BCUT2D eigenvalue weighted by Gasteiger charge is -2.28. The highest BCUT2D eigenvalue weighted by molar-refractivity contribution is 8.04. The molecule has 5 aliphatic rings. The van der Waals surface area contributed by atoms with Gasteiger partial charge in [0.05, 0.1) is 85.2 Å². The Morgan fingerprint density at radius 3 is 1.40 bits per heavy atom. The molecule has 36 heteroatoms. The number of hydrogen-bond donors (Lipinski definition) is 3. The van der Waals surface area contributed by atoms with Gasteiger partial charge in [0.15, 0.2) is 5.78 Å². The zero-order chi connectivity index (χ0) is 91.8. The van der Waals surface area contributed by atoms with E-state index in [2.05, 4.69) is 82.4 Å². The Morgan fingerprint density at radius 2 is 0.923 bits per heavy atom. The highest BCUT2D eigenvalue weighted by atomic mass is 32.2. The van der Waals surface area contributed by atoms with E-state index in [0.29, 0.717) is 74.7 Å². The average Bonchev–Trinajstić information content (AvgIpc) is 1.64. The highest BCUT2D eigenvalue weighted by Crippen LogP contribution is 2.47. The number of aryl methyl sites for hydroxylation is 3. The number of aromatic nitrogens is 7. The van der Waals surface area contributed by atoms with Gasteiger partial charge in [-0.2, -0.15) is 13.2 Å². The summed E-state index contributed by atoms with van der Waals surface area (Å²) in [7, 11) is 4.49. The van der Waals surface area contributed by atoms with Gasteiger partial charge < -0.3 is 71.7 Å². The zero-order valence-electron chi connectivity index (χ0n) is 73.4. The number of ketones is 5. The molecule has 0 aliphatic carbocycles. The van der Waals surface area contributed by atoms with Crippen LogP contribution in [0.5, 0.6) is 29.1 Å². The number of fused-ring (bicyclic) bond motifs is 5. The number of carbonyl (C=O) groups is 5. The van der Waals surface area contributed by atoms with Crippen molar-refractivity contribution in [1.82, 2.24) is 58.4 Å². The van der Waals surface area contributed by atoms with Crippen LogP contribution in [-0.2, 0) is 50.9 Å². The van der Waals surface area contributed by atoms with Crippen LogP contribution in [0.1, 0.15) is 115 Å². The number of sulfonamides is 1. The van der Waals surface area contributed by atoms with Gasteiger partial charge in [-0.3, -0.25) is 28.9 Å². The van der Waals surface area contributed by atoms with Crippen molar-refractivity contribution in [3.8, 4) is 29.1 Å². The fourth-order valence-corrected chi connectivity index (χ4v) is 22.1. The van der Waals surface area contributed by atoms with Gasteiger partial charge >= 0.3 is 15.5 Å². The lowest BCUT2D eigenvalue weighted by Crippen LogP contribution is -2.38. The Morgan fingerprint density at radius 1 is 0.477 bits per heavy atom. The van der Waals surface area contributed by atoms with Crippen molar-refractivity contribution in [2.45, 2.75) is 89.1 Å². The number of rotatable bonds is 31. The van der Waals surface area contributed by atoms with Crippen LogP contribution >= 0.6 is 57.1 Å². The van der Waals surface area contributed by atoms with E-state index in [9.17, 15) is 45.6 Å². The van der Waals surface area contributed by atoms with Crippen LogP contribution in [0, 0.1) is 19.8 Å². The molecule has 2 aromatic carbocycles. The molecule has 18 rings (SSSR count). The van der Waals surface area contributed by atoms with Crippen molar-refractivity contribution in [1.29, 1.82) is 0 Å². The molecule has 0 saturated carbocycles. The van der Waals surface area contributed by atoms with E-state index in [0.717, 1.165) is 183 Å². The predicted octanol–water partition coefficient (Wildman–Crippen LogP) is 16.1. The minimum atomic E-state index is -5.33. The monoisotopic (exact) mass is 1890 g/mol. The Hall–Kier alpha value is -10.7. The quantitative estimate of drug-likeness (QED) is 0.0269. The first-order chi connectivity index (χ1) is 62.8. The molecule has 130 heavy (non-hydrogen) atoms. The summed E-state index contributed by atoms with van der Waals surface area (Å²) in [6.07, 6.45) is 16.1. The van der Waals surface area contributed by atoms with Crippen molar-refractivity contribution in [2.24, 2.45) is 13.0 Å². The molecule has 3 atom stereocenters. The molecular formula is C94H103F3N12O15S6. The number of ether oxygens (including phenoxy) is 8. The smallest absolute Gasteiger partial charge is 0.497 e. The number of alkyl halides is 3. The maximum atomic E-state index is 12.8. The number of Topliss-reactive ketones (excluding diaryl/α,β-unsaturated/α-hetero) is 1. The van der Waals surface area contributed by atoms with Crippen LogP contribution in [0.2, 0.25) is 0 Å². The van der Waals surface area contributed by atoms with Gasteiger partial charge in [0, 0.05) is 226 Å². The largest absolute Gasteiger partial charge is 0.511 e. The number of benzene rings is 2. The molecule has 0 spiro atoms. The molecule has 0 radical (unpaired) electrons. The van der Waals surface area contributed by atoms with E-state index in [4.69, 9.17) is 37.9 Å². The maximum absolute atomic E-state index is 12.8. The Balaban J connectivity index is 0.000000132. The van der Waals surface area contributed by atoms with Crippen LogP contribution in [0.15, 0.2) is 187 Å². The fraction of sp³-hybridized carbons (Fsp3) is 0.362. The number of allylic oxidation sites excluding steroid dienone is 2. The number of pyridine rings is 3. The van der Waals surface area contributed by atoms with Crippen molar-refractivity contribution < 1.29 is 83.5 Å². The number of nitrogens with zero attached hydrogens (tertiary/aromatic N) is 9. The summed E-state index contributed by atoms with van der Waals surface area (Å²) in [5.41, 5.74) is 1.03. The van der Waals surface area contributed by atoms with Crippen LogP contribution in [0.3, 0.4) is 0 Å². The topological polar surface area (TPSA) is 294 Å². The second kappa shape index (κ2) is 44.0. The van der Waals surface area contributed by atoms with Crippen molar-refractivity contribution in [3.05, 3.63) is 246 Å². The Kier molecular flexibility index (Phi) is 32.3. The summed E-state index contributed by atoms with van der Waals surface area (Å²) >= 11 is 7.57. The molecular weight excluding hydrogens is 1790 g/mol. The fourth-order valence-electron chi connectivity index (χ4n) is 15.5. The molecule has 3 unspecified atom stereocenters. The lowest BCUT2D eigenvalue weighted by atomic mass is 10.1. The SMILES string of the molecule is COc1ccc(C(=O)C2=CC3C=C(C)N(CCCNS(=O)(=O)C(F)(F)F)C3S2)cc1.COc1ccc(C(=O)c2cc3cc(C)n(CCNC4CCOC4)c3s2)cn1.COc1ccc(C(=O)c2cc3cc(C)n(CCNC4CCOCC4)c3s2)cn1.COc1ccc(C(=O)c2cc3ccn(C)c3s2)cn1.COc1ccc(C(=O)c2cc3ccn(CCN4CCOCC4)c3s2)cc1. The van der Waals surface area contributed by atoms with E-state index in [-0.39, 0.29) is 53.2 Å². The number of morpholine rings is 1. The zero-order valence-corrected chi connectivity index (χ0v) is 78.3. The predicted molar refractivity (Wildman–Crippen MR) is 503 cm³/mol. The molecule has 5 aliphatic heterocycles. The molecule has 11 aromatic heterocycles. The standard InChI is InChI=1S/C21H25N3O3S.C20H23N3O3S.C20H22N2O3S.C19H21F3N2O4S2.C14H12N2O2S/c1-14-11-16-12-18(20(25)15-3-4-19(26-2)23-13-15)28-21(16)24(14)8-7-22-17-5-9-27-10-6-17;1-13-9-15-10-17(19(24)14-3-4-18(25-2)22-11-14)27-20(15)23(13)7-6-21-16-5-8-26-12-16;1-24-17-4-2-15(3-5-17)19(23)18-14-16-6-7-22(20(16)26-18)9-8-21-10-12-25-13-11-21;1-12-10-14-11-16(17(25)13-4-6-15(28-2)7-5-13)29-18(14)24(12)9-3-8-23-30(26,27)19(20,21)22;1-16-6-5-9-7-11(19-14(9)16)13(17)10-3-4-12(18-2)15-8-10/h3-4,11-13,17,22H,5-10H2,1-2H3;3-4,9-11,16,21H,5-8,12H2,1-2H3;2-7,14H,8-13H2,1H3;4-7,10-11,14,18,23H,3,8-9H2,1-2H3;3-8H,1-2H3. The van der Waals surface area contributed by atoms with Crippen LogP contribution in [0.4, 0.5) is 13.2 Å². The van der Waals surface area contributed by atoms with Crippen molar-refractivity contribution in [2.75, 3.05) is 121 Å². The van der Waals surface area contributed by atoms with Gasteiger partial charge in [-0.25, -0.2) is 28.1 Å². The molecule has 13 aromatic rings. The molecule has 3 N–H and O–H groups in total. The van der Waals surface area contributed by atoms with Gasteiger partial charge in [-0.05, 0) is 162 Å². The van der Waals surface area contributed by atoms with E-state index < -0.39 is 15.5 Å². The molecule has 0 amide bonds. The average molecular weight is 1890 g/mol. The maximum Gasteiger partial charge on any atom is 0.511 e. The molecule has 3 fully saturated rings. The summed E-state index contributed by atoms with van der Waals surface area (Å²) in [4.78, 5) is 88.4. The number of hydrogen-bond acceptors (Lipinski definition) is 27. The van der Waals surface area contributed by atoms with Gasteiger partial charge in [-0.1, -0.05) is 23.9 Å². The van der Waals surface area contributed by atoms with Gasteiger partial charge in [0.1, 0.15) is 30.8 Å². The Labute approximate surface area is 771 Å². The number of carbonyl (C=O) groups excluding carboxylic acids is 5. The van der Waals surface area contributed by atoms with Crippen LogP contribution < -0.4 is 39.0 Å². The number of thioether (sulfide) groups is 1. The van der Waals surface area contributed by atoms with Crippen molar-refractivity contribution >= 4 is 137 Å². The van der Waals surface area contributed by atoms with Gasteiger partial charge in [0.25, 0.3) is 0 Å². The third kappa shape index (κ3) is 23.4. The third-order valence-corrected chi connectivity index (χ3v) is 30.1. The van der Waals surface area contributed by atoms with E-state index in [1.54, 1.807) is 154 Å². The molecule has 0 bridgehead atoms. The summed E-state index contributed by atoms with van der Waals surface area (Å²) in [5.74, 6) is 2.91. The first kappa shape index (κ1) is 95.4. The molecule has 3 saturated heterocycles. The second-order valence-electron chi connectivity index (χ2n) is 31.3. The van der Waals surface area contributed by atoms with Crippen LogP contribution in [-0.4, -0.2) is 224 Å². The van der Waals surface area contributed by atoms with Crippen LogP contribution in [0.25, 0.3) is 40.9 Å². The van der Waals surface area contributed by atoms with E-state index in [1.165, 1.54) is 34.5 Å². The first-order valence-corrected chi connectivity index (χ1v) is 48.1. The Bertz CT molecular complexity index is 6260. The minimum Gasteiger partial charge on any atom is -0.497 e. The third-order valence-electron chi connectivity index (χ3n) is 22.7. The van der Waals surface area contributed by atoms with E-state index >= 15 is 0 Å². The molecule has 16 heterocycles. The number of thiophene rings is 4. The summed E-state index contributed by atoms with van der Waals surface area (Å²) < 4.78 is 111. The number of methoxy groups -OCH3 is 5. The first-order valence-electron chi connectivity index (χ1n) is 42.4. The number of nitrogens with one attached hydrogen (secondary N) is 3.